The van der Waals surface area contributed by atoms with Crippen LogP contribution in [0.5, 0.6) is 5.75 Å². The number of imide groups is 1. The number of amides is 3. The van der Waals surface area contributed by atoms with Crippen molar-refractivity contribution in [3.05, 3.63) is 40.8 Å². The lowest BCUT2D eigenvalue weighted by atomic mass is 10.3. The highest BCUT2D eigenvalue weighted by molar-refractivity contribution is 7.07. The number of carbonyl (C=O) groups is 3. The zero-order valence-corrected chi connectivity index (χ0v) is 12.9. The fourth-order valence-electron chi connectivity index (χ4n) is 1.52. The Hall–Kier alpha value is -2.94. The number of thiazole rings is 1. The molecule has 2 N–H and O–H groups in total. The predicted molar refractivity (Wildman–Crippen MR) is 82.6 cm³/mol. The smallest absolute Gasteiger partial charge is 0.358 e. The van der Waals surface area contributed by atoms with E-state index in [9.17, 15) is 14.4 Å². The van der Waals surface area contributed by atoms with E-state index < -0.39 is 24.5 Å². The molecule has 120 valence electrons. The van der Waals surface area contributed by atoms with Crippen LogP contribution in [0.1, 0.15) is 10.5 Å². The number of urea groups is 1. The molecule has 0 unspecified atom stereocenters. The number of ether oxygens (including phenoxy) is 2. The van der Waals surface area contributed by atoms with Gasteiger partial charge in [0.1, 0.15) is 5.75 Å². The fraction of sp³-hybridized carbons (Fsp3) is 0.143. The Balaban J connectivity index is 1.75. The van der Waals surface area contributed by atoms with Gasteiger partial charge in [0, 0.05) is 11.1 Å². The predicted octanol–water partition coefficient (Wildman–Crippen LogP) is 1.66. The van der Waals surface area contributed by atoms with Gasteiger partial charge >= 0.3 is 12.0 Å². The molecule has 1 aromatic carbocycles. The van der Waals surface area contributed by atoms with E-state index >= 15 is 0 Å². The van der Waals surface area contributed by atoms with Gasteiger partial charge in [0.15, 0.2) is 12.3 Å². The Kier molecular flexibility index (Phi) is 5.64. The van der Waals surface area contributed by atoms with E-state index in [-0.39, 0.29) is 5.69 Å². The summed E-state index contributed by atoms with van der Waals surface area (Å²) in [6.45, 7) is -0.577. The van der Waals surface area contributed by atoms with Gasteiger partial charge in [0.2, 0.25) is 0 Å². The number of benzene rings is 1. The monoisotopic (exact) mass is 335 g/mol. The molecule has 0 spiro atoms. The highest BCUT2D eigenvalue weighted by Gasteiger charge is 2.13. The summed E-state index contributed by atoms with van der Waals surface area (Å²) < 4.78 is 9.71. The molecular weight excluding hydrogens is 322 g/mol. The molecule has 0 aliphatic rings. The van der Waals surface area contributed by atoms with E-state index in [0.717, 1.165) is 0 Å². The molecule has 1 aromatic heterocycles. The first-order valence-corrected chi connectivity index (χ1v) is 7.33. The molecule has 0 saturated carbocycles. The number of aromatic nitrogens is 1. The second-order valence-electron chi connectivity index (χ2n) is 4.18. The summed E-state index contributed by atoms with van der Waals surface area (Å²) in [5.41, 5.74) is 2.07. The van der Waals surface area contributed by atoms with Crippen molar-refractivity contribution in [2.24, 2.45) is 0 Å². The van der Waals surface area contributed by atoms with Crippen LogP contribution in [0.2, 0.25) is 0 Å². The number of rotatable bonds is 5. The summed E-state index contributed by atoms with van der Waals surface area (Å²) in [6, 6.07) is 5.82. The first-order chi connectivity index (χ1) is 11.1. The number of hydrogen-bond acceptors (Lipinski definition) is 7. The number of carbonyl (C=O) groups excluding carboxylic acids is 3. The molecule has 0 bridgehead atoms. The Labute approximate surface area is 135 Å². The largest absolute Gasteiger partial charge is 0.497 e. The third-order valence-corrected chi connectivity index (χ3v) is 3.16. The van der Waals surface area contributed by atoms with Gasteiger partial charge in [-0.15, -0.1) is 11.3 Å². The zero-order chi connectivity index (χ0) is 16.7. The quantitative estimate of drug-likeness (QED) is 0.805. The Morgan fingerprint density at radius 1 is 1.22 bits per heavy atom. The lowest BCUT2D eigenvalue weighted by molar-refractivity contribution is -0.123. The van der Waals surface area contributed by atoms with Gasteiger partial charge in [-0.3, -0.25) is 10.1 Å². The molecule has 0 saturated heterocycles. The number of hydrogen-bond donors (Lipinski definition) is 2. The topological polar surface area (TPSA) is 107 Å². The summed E-state index contributed by atoms with van der Waals surface area (Å²) in [7, 11) is 1.53. The van der Waals surface area contributed by atoms with E-state index in [1.165, 1.54) is 29.3 Å². The first kappa shape index (κ1) is 16.4. The lowest BCUT2D eigenvalue weighted by Crippen LogP contribution is -2.37. The van der Waals surface area contributed by atoms with Gasteiger partial charge in [-0.05, 0) is 24.3 Å². The second-order valence-corrected chi connectivity index (χ2v) is 4.90. The molecule has 0 atom stereocenters. The maximum absolute atomic E-state index is 11.6. The number of methoxy groups -OCH3 is 1. The minimum absolute atomic E-state index is 0.116. The molecule has 0 aliphatic heterocycles. The molecule has 9 heteroatoms. The molecular formula is C14H13N3O5S. The fourth-order valence-corrected chi connectivity index (χ4v) is 2.04. The SMILES string of the molecule is COc1ccc(NC(=O)NC(=O)COC(=O)c2cscn2)cc1. The van der Waals surface area contributed by atoms with Crippen LogP contribution < -0.4 is 15.4 Å². The standard InChI is InChI=1S/C14H13N3O5S/c1-21-10-4-2-9(3-5-10)16-14(20)17-12(18)6-22-13(19)11-7-23-8-15-11/h2-5,7-8H,6H2,1H3,(H2,16,17,18,20). The molecule has 23 heavy (non-hydrogen) atoms. The molecule has 0 radical (unpaired) electrons. The van der Waals surface area contributed by atoms with Crippen molar-refractivity contribution in [3.63, 3.8) is 0 Å². The lowest BCUT2D eigenvalue weighted by Gasteiger charge is -2.07. The maximum Gasteiger partial charge on any atom is 0.358 e. The molecule has 2 rings (SSSR count). The van der Waals surface area contributed by atoms with Crippen molar-refractivity contribution in [2.45, 2.75) is 0 Å². The van der Waals surface area contributed by atoms with Crippen molar-refractivity contribution >= 4 is 34.9 Å². The summed E-state index contributed by atoms with van der Waals surface area (Å²) >= 11 is 1.23. The average Bonchev–Trinajstić information content (AvgIpc) is 3.07. The van der Waals surface area contributed by atoms with Gasteiger partial charge in [-0.1, -0.05) is 0 Å². The van der Waals surface area contributed by atoms with Gasteiger partial charge in [0.25, 0.3) is 5.91 Å². The zero-order valence-electron chi connectivity index (χ0n) is 12.1. The highest BCUT2D eigenvalue weighted by atomic mass is 32.1. The van der Waals surface area contributed by atoms with E-state index in [1.54, 1.807) is 24.3 Å². The summed E-state index contributed by atoms with van der Waals surface area (Å²) in [5.74, 6) is -0.836. The summed E-state index contributed by atoms with van der Waals surface area (Å²) in [5, 5.41) is 6.00. The molecule has 8 nitrogen and oxygen atoms in total. The van der Waals surface area contributed by atoms with Crippen molar-refractivity contribution in [3.8, 4) is 5.75 Å². The second kappa shape index (κ2) is 7.90. The number of esters is 1. The van der Waals surface area contributed by atoms with Crippen molar-refractivity contribution < 1.29 is 23.9 Å². The van der Waals surface area contributed by atoms with Crippen LogP contribution in [0.4, 0.5) is 10.5 Å². The van der Waals surface area contributed by atoms with E-state index in [2.05, 4.69) is 10.3 Å². The Morgan fingerprint density at radius 2 is 1.96 bits per heavy atom. The van der Waals surface area contributed by atoms with Crippen LogP contribution >= 0.6 is 11.3 Å². The average molecular weight is 335 g/mol. The number of anilines is 1. The normalized spacial score (nSPS) is 9.78. The summed E-state index contributed by atoms with van der Waals surface area (Å²) in [6.07, 6.45) is 0. The molecule has 2 aromatic rings. The molecule has 3 amide bonds. The summed E-state index contributed by atoms with van der Waals surface area (Å²) in [4.78, 5) is 38.4. The van der Waals surface area contributed by atoms with Gasteiger partial charge in [-0.2, -0.15) is 0 Å². The molecule has 0 aliphatic carbocycles. The van der Waals surface area contributed by atoms with Crippen molar-refractivity contribution in [2.75, 3.05) is 19.0 Å². The minimum atomic E-state index is -0.750. The van der Waals surface area contributed by atoms with Crippen LogP contribution in [-0.4, -0.2) is 36.6 Å². The number of nitrogens with zero attached hydrogens (tertiary/aromatic N) is 1. The van der Waals surface area contributed by atoms with Gasteiger partial charge in [-0.25, -0.2) is 14.6 Å². The van der Waals surface area contributed by atoms with E-state index in [0.29, 0.717) is 11.4 Å². The Morgan fingerprint density at radius 3 is 2.57 bits per heavy atom. The Bertz CT molecular complexity index is 685. The maximum atomic E-state index is 11.6. The third kappa shape index (κ3) is 5.08. The van der Waals surface area contributed by atoms with E-state index in [1.807, 2.05) is 5.32 Å². The minimum Gasteiger partial charge on any atom is -0.497 e. The van der Waals surface area contributed by atoms with Crippen LogP contribution in [0.25, 0.3) is 0 Å². The van der Waals surface area contributed by atoms with Crippen molar-refractivity contribution in [1.82, 2.24) is 10.3 Å². The van der Waals surface area contributed by atoms with Crippen LogP contribution in [0.15, 0.2) is 35.2 Å². The van der Waals surface area contributed by atoms with E-state index in [4.69, 9.17) is 9.47 Å². The van der Waals surface area contributed by atoms with Crippen LogP contribution in [0.3, 0.4) is 0 Å². The number of nitrogens with one attached hydrogen (secondary N) is 2. The van der Waals surface area contributed by atoms with Gasteiger partial charge < -0.3 is 14.8 Å². The van der Waals surface area contributed by atoms with Crippen LogP contribution in [0, 0.1) is 0 Å². The molecule has 0 fully saturated rings. The van der Waals surface area contributed by atoms with Crippen molar-refractivity contribution in [1.29, 1.82) is 0 Å². The van der Waals surface area contributed by atoms with Gasteiger partial charge in [0.05, 0.1) is 12.6 Å². The van der Waals surface area contributed by atoms with Crippen LogP contribution in [-0.2, 0) is 9.53 Å². The highest BCUT2D eigenvalue weighted by Crippen LogP contribution is 2.14. The molecule has 1 heterocycles. The first-order valence-electron chi connectivity index (χ1n) is 6.38. The third-order valence-electron chi connectivity index (χ3n) is 2.58.